The fraction of sp³-hybridized carbons (Fsp3) is 0.350. The molecule has 0 atom stereocenters. The summed E-state index contributed by atoms with van der Waals surface area (Å²) in [5.41, 5.74) is 5.64. The van der Waals surface area contributed by atoms with E-state index in [-0.39, 0.29) is 0 Å². The summed E-state index contributed by atoms with van der Waals surface area (Å²) < 4.78 is 0. The summed E-state index contributed by atoms with van der Waals surface area (Å²) in [7, 11) is 0. The van der Waals surface area contributed by atoms with Crippen LogP contribution in [-0.4, -0.2) is 4.98 Å². The van der Waals surface area contributed by atoms with Crippen LogP contribution in [0, 0.1) is 13.8 Å². The lowest BCUT2D eigenvalue weighted by molar-refractivity contribution is 1.24. The predicted octanol–water partition coefficient (Wildman–Crippen LogP) is 6.49. The lowest BCUT2D eigenvalue weighted by atomic mass is 10.0. The van der Waals surface area contributed by atoms with Crippen molar-refractivity contribution in [3.63, 3.8) is 0 Å². The largest absolute Gasteiger partial charge is 0.253 e. The van der Waals surface area contributed by atoms with Crippen LogP contribution in [0.5, 0.6) is 0 Å². The molecule has 0 amide bonds. The lowest BCUT2D eigenvalue weighted by Gasteiger charge is -2.06. The van der Waals surface area contributed by atoms with E-state index in [0.29, 0.717) is 0 Å². The van der Waals surface area contributed by atoms with Crippen LogP contribution in [0.15, 0.2) is 42.5 Å². The predicted molar refractivity (Wildman–Crippen MR) is 97.8 cm³/mol. The molecular formula is C20H29N. The summed E-state index contributed by atoms with van der Waals surface area (Å²) in [5.74, 6) is 0. The Balaban J connectivity index is 0.000000921. The first-order valence-corrected chi connectivity index (χ1v) is 7.78. The number of rotatable bonds is 2. The highest BCUT2D eigenvalue weighted by molar-refractivity contribution is 5.85. The topological polar surface area (TPSA) is 12.9 Å². The van der Waals surface area contributed by atoms with Gasteiger partial charge in [-0.15, -0.1) is 0 Å². The molecule has 0 saturated carbocycles. The SMILES string of the molecule is C=C(C)/C=C\c1ccc2ccc(C)nc2c1C.CC.CC. The van der Waals surface area contributed by atoms with E-state index in [9.17, 15) is 0 Å². The Morgan fingerprint density at radius 1 is 1.00 bits per heavy atom. The Hall–Kier alpha value is -1.89. The number of aryl methyl sites for hydroxylation is 2. The van der Waals surface area contributed by atoms with Crippen molar-refractivity contribution in [2.45, 2.75) is 48.5 Å². The van der Waals surface area contributed by atoms with Gasteiger partial charge in [-0.05, 0) is 38.0 Å². The monoisotopic (exact) mass is 283 g/mol. The fourth-order valence-corrected chi connectivity index (χ4v) is 1.86. The Kier molecular flexibility index (Phi) is 9.03. The number of hydrogen-bond donors (Lipinski definition) is 0. The molecule has 0 unspecified atom stereocenters. The minimum absolute atomic E-state index is 1.06. The molecule has 1 heteroatoms. The molecular weight excluding hydrogens is 254 g/mol. The Bertz CT molecular complexity index is 607. The van der Waals surface area contributed by atoms with E-state index in [0.717, 1.165) is 16.8 Å². The van der Waals surface area contributed by atoms with E-state index in [4.69, 9.17) is 0 Å². The number of benzene rings is 1. The zero-order chi connectivity index (χ0) is 16.4. The number of aromatic nitrogens is 1. The molecule has 2 rings (SSSR count). The summed E-state index contributed by atoms with van der Waals surface area (Å²) in [6.07, 6.45) is 4.13. The van der Waals surface area contributed by atoms with Crippen LogP contribution >= 0.6 is 0 Å². The van der Waals surface area contributed by atoms with Crippen LogP contribution in [0.1, 0.15) is 51.4 Å². The Morgan fingerprint density at radius 3 is 2.14 bits per heavy atom. The number of allylic oxidation sites excluding steroid dienone is 2. The van der Waals surface area contributed by atoms with Gasteiger partial charge in [-0.1, -0.05) is 70.2 Å². The summed E-state index contributed by atoms with van der Waals surface area (Å²) in [6, 6.07) is 8.42. The third-order valence-electron chi connectivity index (χ3n) is 2.84. The summed E-state index contributed by atoms with van der Waals surface area (Å²) in [5, 5.41) is 1.19. The molecule has 0 radical (unpaired) electrons. The van der Waals surface area contributed by atoms with Crippen molar-refractivity contribution in [2.75, 3.05) is 0 Å². The van der Waals surface area contributed by atoms with Gasteiger partial charge in [0, 0.05) is 11.1 Å². The van der Waals surface area contributed by atoms with Crippen molar-refractivity contribution in [3.8, 4) is 0 Å². The molecule has 1 heterocycles. The van der Waals surface area contributed by atoms with E-state index >= 15 is 0 Å². The molecule has 0 aliphatic carbocycles. The Labute approximate surface area is 130 Å². The van der Waals surface area contributed by atoms with Gasteiger partial charge in [-0.2, -0.15) is 0 Å². The van der Waals surface area contributed by atoms with Crippen molar-refractivity contribution < 1.29 is 0 Å². The highest BCUT2D eigenvalue weighted by Crippen LogP contribution is 2.21. The van der Waals surface area contributed by atoms with Gasteiger partial charge in [0.05, 0.1) is 5.52 Å². The molecule has 1 aromatic carbocycles. The van der Waals surface area contributed by atoms with Crippen molar-refractivity contribution in [1.82, 2.24) is 4.98 Å². The first-order chi connectivity index (χ1) is 10.1. The maximum atomic E-state index is 4.61. The number of pyridine rings is 1. The minimum atomic E-state index is 1.06. The minimum Gasteiger partial charge on any atom is -0.253 e. The van der Waals surface area contributed by atoms with Gasteiger partial charge in [0.25, 0.3) is 0 Å². The van der Waals surface area contributed by atoms with Crippen molar-refractivity contribution >= 4 is 17.0 Å². The van der Waals surface area contributed by atoms with E-state index in [1.54, 1.807) is 0 Å². The number of fused-ring (bicyclic) bond motifs is 1. The average molecular weight is 283 g/mol. The summed E-state index contributed by atoms with van der Waals surface area (Å²) in [6.45, 7) is 18.0. The fourth-order valence-electron chi connectivity index (χ4n) is 1.86. The second-order valence-electron chi connectivity index (χ2n) is 4.48. The van der Waals surface area contributed by atoms with Crippen molar-refractivity contribution in [3.05, 3.63) is 59.3 Å². The van der Waals surface area contributed by atoms with Gasteiger partial charge in [-0.3, -0.25) is 4.98 Å². The van der Waals surface area contributed by atoms with Crippen molar-refractivity contribution in [1.29, 1.82) is 0 Å². The highest BCUT2D eigenvalue weighted by atomic mass is 14.7. The molecule has 0 bridgehead atoms. The molecule has 0 spiro atoms. The molecule has 114 valence electrons. The first-order valence-electron chi connectivity index (χ1n) is 7.78. The number of hydrogen-bond acceptors (Lipinski definition) is 1. The van der Waals surface area contributed by atoms with Gasteiger partial charge >= 0.3 is 0 Å². The van der Waals surface area contributed by atoms with Crippen LogP contribution in [0.3, 0.4) is 0 Å². The van der Waals surface area contributed by atoms with Gasteiger partial charge in [0.15, 0.2) is 0 Å². The molecule has 0 saturated heterocycles. The van der Waals surface area contributed by atoms with Gasteiger partial charge in [0.1, 0.15) is 0 Å². The van der Waals surface area contributed by atoms with Crippen LogP contribution in [-0.2, 0) is 0 Å². The maximum absolute atomic E-state index is 4.61. The van der Waals surface area contributed by atoms with Crippen LogP contribution in [0.2, 0.25) is 0 Å². The number of nitrogens with zero attached hydrogens (tertiary/aromatic N) is 1. The molecule has 2 aromatic rings. The molecule has 0 N–H and O–H groups in total. The molecule has 1 aromatic heterocycles. The zero-order valence-electron chi connectivity index (χ0n) is 14.6. The van der Waals surface area contributed by atoms with Crippen LogP contribution in [0.25, 0.3) is 17.0 Å². The zero-order valence-corrected chi connectivity index (χ0v) is 14.6. The summed E-state index contributed by atoms with van der Waals surface area (Å²) >= 11 is 0. The Morgan fingerprint density at radius 2 is 1.57 bits per heavy atom. The normalized spacial score (nSPS) is 9.67. The smallest absolute Gasteiger partial charge is 0.0740 e. The van der Waals surface area contributed by atoms with E-state index in [1.165, 1.54) is 16.5 Å². The first kappa shape index (κ1) is 19.1. The third kappa shape index (κ3) is 5.55. The molecule has 0 fully saturated rings. The van der Waals surface area contributed by atoms with Crippen LogP contribution in [0.4, 0.5) is 0 Å². The van der Waals surface area contributed by atoms with E-state index in [1.807, 2.05) is 53.7 Å². The van der Waals surface area contributed by atoms with Gasteiger partial charge in [-0.25, -0.2) is 0 Å². The summed E-state index contributed by atoms with van der Waals surface area (Å²) in [4.78, 5) is 4.61. The van der Waals surface area contributed by atoms with Crippen LogP contribution < -0.4 is 0 Å². The lowest BCUT2D eigenvalue weighted by Crippen LogP contribution is -1.89. The van der Waals surface area contributed by atoms with Crippen molar-refractivity contribution in [2.24, 2.45) is 0 Å². The highest BCUT2D eigenvalue weighted by Gasteiger charge is 2.02. The van der Waals surface area contributed by atoms with Gasteiger partial charge < -0.3 is 0 Å². The molecule has 21 heavy (non-hydrogen) atoms. The molecule has 0 aliphatic rings. The average Bonchev–Trinajstić information content (AvgIpc) is 2.51. The second-order valence-corrected chi connectivity index (χ2v) is 4.48. The molecule has 0 aliphatic heterocycles. The van der Waals surface area contributed by atoms with E-state index in [2.05, 4.69) is 42.8 Å². The third-order valence-corrected chi connectivity index (χ3v) is 2.84. The quantitative estimate of drug-likeness (QED) is 0.574. The second kappa shape index (κ2) is 9.93. The molecule has 1 nitrogen and oxygen atoms in total. The van der Waals surface area contributed by atoms with E-state index < -0.39 is 0 Å². The standard InChI is InChI=1S/C16H17N.2C2H6/c1-11(2)5-7-14-9-10-15-8-6-12(3)17-16(15)13(14)4;2*1-2/h5-10H,1H2,2-4H3;2*1-2H3/b7-5-;;. The maximum Gasteiger partial charge on any atom is 0.0740 e. The van der Waals surface area contributed by atoms with Gasteiger partial charge in [0.2, 0.25) is 0 Å².